The highest BCUT2D eigenvalue weighted by atomic mass is 127. The number of hydrogen-bond acceptors (Lipinski definition) is 5. The van der Waals surface area contributed by atoms with Crippen molar-refractivity contribution < 1.29 is 27.7 Å². The van der Waals surface area contributed by atoms with Crippen LogP contribution in [0.2, 0.25) is 0 Å². The van der Waals surface area contributed by atoms with Gasteiger partial charge in [0.1, 0.15) is 0 Å². The van der Waals surface area contributed by atoms with Crippen LogP contribution in [0.3, 0.4) is 0 Å². The van der Waals surface area contributed by atoms with Gasteiger partial charge < -0.3 is 29.6 Å². The van der Waals surface area contributed by atoms with Gasteiger partial charge in [0, 0.05) is 31.9 Å². The SMILES string of the molecule is CCNC(=NCc1cccc(OCC)c1OC(F)F)NCCCOCC1CCCO1.I. The Kier molecular flexibility index (Phi) is 14.5. The van der Waals surface area contributed by atoms with E-state index in [0.29, 0.717) is 44.4 Å². The zero-order valence-corrected chi connectivity index (χ0v) is 20.5. The Bertz CT molecular complexity index is 647. The van der Waals surface area contributed by atoms with Crippen molar-refractivity contribution in [2.45, 2.75) is 52.4 Å². The second-order valence-electron chi connectivity index (χ2n) is 6.74. The molecule has 0 aromatic heterocycles. The van der Waals surface area contributed by atoms with Gasteiger partial charge in [0.05, 0.1) is 25.9 Å². The quantitative estimate of drug-likeness (QED) is 0.166. The summed E-state index contributed by atoms with van der Waals surface area (Å²) in [6.45, 7) is 4.80. The summed E-state index contributed by atoms with van der Waals surface area (Å²) < 4.78 is 47.0. The highest BCUT2D eigenvalue weighted by Crippen LogP contribution is 2.33. The number of para-hydroxylation sites is 1. The lowest BCUT2D eigenvalue weighted by Gasteiger charge is -2.15. The van der Waals surface area contributed by atoms with E-state index in [1.807, 2.05) is 6.92 Å². The molecule has 1 aromatic rings. The summed E-state index contributed by atoms with van der Waals surface area (Å²) in [6, 6.07) is 5.04. The fourth-order valence-electron chi connectivity index (χ4n) is 3.06. The van der Waals surface area contributed by atoms with E-state index in [1.54, 1.807) is 25.1 Å². The van der Waals surface area contributed by atoms with Crippen LogP contribution in [0.15, 0.2) is 23.2 Å². The second kappa shape index (κ2) is 16.3. The number of alkyl halides is 2. The van der Waals surface area contributed by atoms with Crippen LogP contribution in [0.25, 0.3) is 0 Å². The van der Waals surface area contributed by atoms with Gasteiger partial charge in [-0.15, -0.1) is 24.0 Å². The molecule has 1 atom stereocenters. The van der Waals surface area contributed by atoms with E-state index in [1.165, 1.54) is 0 Å². The summed E-state index contributed by atoms with van der Waals surface area (Å²) >= 11 is 0. The molecule has 1 aliphatic heterocycles. The fraction of sp³-hybridized carbons (Fsp3) is 0.667. The minimum atomic E-state index is -2.93. The van der Waals surface area contributed by atoms with E-state index in [2.05, 4.69) is 15.6 Å². The Morgan fingerprint density at radius 1 is 1.29 bits per heavy atom. The van der Waals surface area contributed by atoms with Crippen LogP contribution in [0.5, 0.6) is 11.5 Å². The molecule has 0 aliphatic carbocycles. The molecule has 1 unspecified atom stereocenters. The first-order valence-corrected chi connectivity index (χ1v) is 10.5. The highest BCUT2D eigenvalue weighted by Gasteiger charge is 2.16. The first-order chi connectivity index (χ1) is 14.6. The Morgan fingerprint density at radius 3 is 2.81 bits per heavy atom. The largest absolute Gasteiger partial charge is 0.490 e. The standard InChI is InChI=1S/C21H33F2N3O4.HI/c1-3-24-21(25-11-7-12-27-15-17-9-6-13-29-17)26-14-16-8-5-10-18(28-4-2)19(16)30-20(22)23;/h5,8,10,17,20H,3-4,6-7,9,11-15H2,1-2H3,(H2,24,25,26);1H. The van der Waals surface area contributed by atoms with Crippen LogP contribution in [-0.4, -0.2) is 58.2 Å². The van der Waals surface area contributed by atoms with Crippen molar-refractivity contribution in [3.05, 3.63) is 23.8 Å². The van der Waals surface area contributed by atoms with Gasteiger partial charge in [0.2, 0.25) is 0 Å². The zero-order valence-electron chi connectivity index (χ0n) is 18.2. The zero-order chi connectivity index (χ0) is 21.6. The van der Waals surface area contributed by atoms with Crippen molar-refractivity contribution in [2.24, 2.45) is 4.99 Å². The van der Waals surface area contributed by atoms with E-state index in [4.69, 9.17) is 18.9 Å². The van der Waals surface area contributed by atoms with Gasteiger partial charge in [-0.25, -0.2) is 4.99 Å². The molecule has 178 valence electrons. The molecule has 1 aliphatic rings. The molecule has 0 bridgehead atoms. The minimum Gasteiger partial charge on any atom is -0.490 e. The number of aliphatic imine (C=N–C) groups is 1. The Hall–Kier alpha value is -1.40. The highest BCUT2D eigenvalue weighted by molar-refractivity contribution is 14.0. The van der Waals surface area contributed by atoms with Crippen molar-refractivity contribution in [3.63, 3.8) is 0 Å². The van der Waals surface area contributed by atoms with Gasteiger partial charge in [-0.3, -0.25) is 0 Å². The number of guanidine groups is 1. The van der Waals surface area contributed by atoms with Crippen molar-refractivity contribution >= 4 is 29.9 Å². The van der Waals surface area contributed by atoms with Gasteiger partial charge in [0.15, 0.2) is 17.5 Å². The third-order valence-corrected chi connectivity index (χ3v) is 4.40. The number of rotatable bonds is 13. The molecular formula is C21H34F2IN3O4. The number of nitrogens with zero attached hydrogens (tertiary/aromatic N) is 1. The molecule has 10 heteroatoms. The van der Waals surface area contributed by atoms with Crippen molar-refractivity contribution in [3.8, 4) is 11.5 Å². The van der Waals surface area contributed by atoms with Gasteiger partial charge in [-0.05, 0) is 39.2 Å². The molecule has 31 heavy (non-hydrogen) atoms. The molecule has 1 aromatic carbocycles. The Balaban J connectivity index is 0.00000480. The van der Waals surface area contributed by atoms with E-state index >= 15 is 0 Å². The average Bonchev–Trinajstić information content (AvgIpc) is 3.24. The Morgan fingerprint density at radius 2 is 2.13 bits per heavy atom. The summed E-state index contributed by atoms with van der Waals surface area (Å²) in [4.78, 5) is 4.49. The van der Waals surface area contributed by atoms with E-state index < -0.39 is 6.61 Å². The molecule has 0 spiro atoms. The lowest BCUT2D eigenvalue weighted by Crippen LogP contribution is -2.38. The van der Waals surface area contributed by atoms with E-state index in [0.717, 1.165) is 25.9 Å². The maximum absolute atomic E-state index is 12.8. The topological polar surface area (TPSA) is 73.3 Å². The maximum atomic E-state index is 12.8. The summed E-state index contributed by atoms with van der Waals surface area (Å²) in [5, 5.41) is 6.37. The summed E-state index contributed by atoms with van der Waals surface area (Å²) in [7, 11) is 0. The normalized spacial score (nSPS) is 16.2. The minimum absolute atomic E-state index is 0. The van der Waals surface area contributed by atoms with Crippen LogP contribution < -0.4 is 20.1 Å². The predicted molar refractivity (Wildman–Crippen MR) is 127 cm³/mol. The summed E-state index contributed by atoms with van der Waals surface area (Å²) in [5.74, 6) is 0.907. The van der Waals surface area contributed by atoms with Gasteiger partial charge in [-0.1, -0.05) is 12.1 Å². The first-order valence-electron chi connectivity index (χ1n) is 10.5. The lowest BCUT2D eigenvalue weighted by atomic mass is 10.2. The molecule has 1 heterocycles. The molecule has 7 nitrogen and oxygen atoms in total. The lowest BCUT2D eigenvalue weighted by molar-refractivity contribution is -0.0520. The monoisotopic (exact) mass is 557 g/mol. The number of nitrogens with one attached hydrogen (secondary N) is 2. The first kappa shape index (κ1) is 27.6. The molecular weight excluding hydrogens is 523 g/mol. The van der Waals surface area contributed by atoms with E-state index in [9.17, 15) is 8.78 Å². The van der Waals surface area contributed by atoms with Crippen LogP contribution in [0, 0.1) is 0 Å². The molecule has 1 saturated heterocycles. The maximum Gasteiger partial charge on any atom is 0.387 e. The Labute approximate surface area is 200 Å². The number of hydrogen-bond donors (Lipinski definition) is 2. The van der Waals surface area contributed by atoms with Gasteiger partial charge in [-0.2, -0.15) is 8.78 Å². The molecule has 1 fully saturated rings. The molecule has 2 rings (SSSR count). The van der Waals surface area contributed by atoms with Gasteiger partial charge >= 0.3 is 6.61 Å². The molecule has 0 saturated carbocycles. The van der Waals surface area contributed by atoms with Crippen LogP contribution in [0.4, 0.5) is 8.78 Å². The molecule has 0 amide bonds. The van der Waals surface area contributed by atoms with Crippen molar-refractivity contribution in [2.75, 3.05) is 39.5 Å². The van der Waals surface area contributed by atoms with Crippen LogP contribution >= 0.6 is 24.0 Å². The predicted octanol–water partition coefficient (Wildman–Crippen LogP) is 3.95. The summed E-state index contributed by atoms with van der Waals surface area (Å²) in [6.07, 6.45) is 3.22. The smallest absolute Gasteiger partial charge is 0.387 e. The molecule has 2 N–H and O–H groups in total. The third-order valence-electron chi connectivity index (χ3n) is 4.40. The number of benzene rings is 1. The van der Waals surface area contributed by atoms with E-state index in [-0.39, 0.29) is 48.1 Å². The number of ether oxygens (including phenoxy) is 4. The van der Waals surface area contributed by atoms with Gasteiger partial charge in [0.25, 0.3) is 0 Å². The molecule has 0 radical (unpaired) electrons. The summed E-state index contributed by atoms with van der Waals surface area (Å²) in [5.41, 5.74) is 0.526. The van der Waals surface area contributed by atoms with Crippen molar-refractivity contribution in [1.82, 2.24) is 10.6 Å². The van der Waals surface area contributed by atoms with Crippen LogP contribution in [0.1, 0.15) is 38.7 Å². The third kappa shape index (κ3) is 10.6. The van der Waals surface area contributed by atoms with Crippen LogP contribution in [-0.2, 0) is 16.0 Å². The number of halogens is 3. The second-order valence-corrected chi connectivity index (χ2v) is 6.74. The fourth-order valence-corrected chi connectivity index (χ4v) is 3.06. The average molecular weight is 557 g/mol. The van der Waals surface area contributed by atoms with Crippen molar-refractivity contribution in [1.29, 1.82) is 0 Å².